The van der Waals surface area contributed by atoms with Crippen molar-refractivity contribution in [1.82, 2.24) is 5.32 Å². The Balaban J connectivity index is 1.39. The van der Waals surface area contributed by atoms with E-state index >= 15 is 0 Å². The fourth-order valence-corrected chi connectivity index (χ4v) is 5.43. The second-order valence-corrected chi connectivity index (χ2v) is 10.9. The number of rotatable bonds is 9. The molecule has 0 radical (unpaired) electrons. The molecule has 9 nitrogen and oxygen atoms in total. The summed E-state index contributed by atoms with van der Waals surface area (Å²) in [6, 6.07) is 11.5. The van der Waals surface area contributed by atoms with Crippen LogP contribution in [-0.2, 0) is 25.2 Å². The Morgan fingerprint density at radius 3 is 2.43 bits per heavy atom. The minimum Gasteiger partial charge on any atom is -0.454 e. The lowest BCUT2D eigenvalue weighted by atomic mass is 9.95. The molecule has 1 heterocycles. The molecule has 198 valence electrons. The summed E-state index contributed by atoms with van der Waals surface area (Å²) >= 11 is 0. The first-order valence-corrected chi connectivity index (χ1v) is 14.0. The molecule has 2 aliphatic rings. The lowest BCUT2D eigenvalue weighted by molar-refractivity contribution is -0.126. The quantitative estimate of drug-likeness (QED) is 0.517. The summed E-state index contributed by atoms with van der Waals surface area (Å²) in [4.78, 5) is 40.3. The van der Waals surface area contributed by atoms with Gasteiger partial charge in [-0.2, -0.15) is 0 Å². The van der Waals surface area contributed by atoms with Gasteiger partial charge in [-0.25, -0.2) is 0 Å². The Hall–Kier alpha value is -3.40. The molecule has 4 rings (SSSR count). The van der Waals surface area contributed by atoms with Crippen molar-refractivity contribution in [3.05, 3.63) is 48.0 Å². The topological polar surface area (TPSA) is 114 Å². The number of nitrogens with one attached hydrogen (secondary N) is 2. The molecular weight excluding hydrogens is 494 g/mol. The fourth-order valence-electron chi connectivity index (χ4n) is 4.55. The van der Waals surface area contributed by atoms with Crippen molar-refractivity contribution < 1.29 is 28.1 Å². The molecule has 1 aliphatic carbocycles. The monoisotopic (exact) mass is 527 g/mol. The first-order chi connectivity index (χ1) is 17.8. The average molecular weight is 528 g/mol. The maximum absolute atomic E-state index is 13.3. The van der Waals surface area contributed by atoms with Gasteiger partial charge in [0.15, 0.2) is 11.5 Å². The molecule has 1 aliphatic heterocycles. The number of hydrogen-bond acceptors (Lipinski definition) is 6. The number of amides is 3. The second-order valence-electron chi connectivity index (χ2n) is 9.46. The van der Waals surface area contributed by atoms with Crippen molar-refractivity contribution in [2.45, 2.75) is 58.0 Å². The first-order valence-electron chi connectivity index (χ1n) is 12.5. The van der Waals surface area contributed by atoms with Crippen molar-refractivity contribution in [3.8, 4) is 11.5 Å². The van der Waals surface area contributed by atoms with Crippen LogP contribution in [0.4, 0.5) is 11.4 Å². The van der Waals surface area contributed by atoms with Gasteiger partial charge in [0.25, 0.3) is 0 Å². The zero-order valence-corrected chi connectivity index (χ0v) is 22.0. The van der Waals surface area contributed by atoms with E-state index in [0.717, 1.165) is 31.2 Å². The van der Waals surface area contributed by atoms with Gasteiger partial charge in [0.2, 0.25) is 24.5 Å². The SMILES string of the molecule is Cc1ccc(N(C(=O)C[S@@](=O)CC(=O)Nc2ccc3c(c2)OCO3)[C@@H](C)C(=O)NC2CCCCC2)cc1. The number of benzene rings is 2. The molecule has 0 unspecified atom stereocenters. The predicted octanol–water partition coefficient (Wildman–Crippen LogP) is 3.28. The lowest BCUT2D eigenvalue weighted by Gasteiger charge is -2.31. The summed E-state index contributed by atoms with van der Waals surface area (Å²) in [5, 5.41) is 5.75. The molecule has 2 aromatic rings. The summed E-state index contributed by atoms with van der Waals surface area (Å²) in [6.45, 7) is 3.72. The van der Waals surface area contributed by atoms with Gasteiger partial charge in [-0.3, -0.25) is 23.5 Å². The number of fused-ring (bicyclic) bond motifs is 1. The van der Waals surface area contributed by atoms with E-state index in [1.165, 1.54) is 11.3 Å². The number of nitrogens with zero attached hydrogens (tertiary/aromatic N) is 1. The minimum atomic E-state index is -1.78. The Morgan fingerprint density at radius 1 is 1.00 bits per heavy atom. The number of carbonyl (C=O) groups excluding carboxylic acids is 3. The van der Waals surface area contributed by atoms with Crippen molar-refractivity contribution in [3.63, 3.8) is 0 Å². The van der Waals surface area contributed by atoms with E-state index < -0.39 is 28.7 Å². The average Bonchev–Trinajstić information content (AvgIpc) is 3.33. The zero-order valence-electron chi connectivity index (χ0n) is 21.2. The van der Waals surface area contributed by atoms with Crippen LogP contribution < -0.4 is 25.0 Å². The molecule has 2 aromatic carbocycles. The predicted molar refractivity (Wildman–Crippen MR) is 142 cm³/mol. The van der Waals surface area contributed by atoms with Gasteiger partial charge < -0.3 is 20.1 Å². The van der Waals surface area contributed by atoms with Gasteiger partial charge in [-0.05, 0) is 51.0 Å². The van der Waals surface area contributed by atoms with E-state index in [1.54, 1.807) is 37.3 Å². The van der Waals surface area contributed by atoms with Crippen LogP contribution >= 0.6 is 0 Å². The van der Waals surface area contributed by atoms with E-state index in [1.807, 2.05) is 19.1 Å². The highest BCUT2D eigenvalue weighted by Crippen LogP contribution is 2.34. The fraction of sp³-hybridized carbons (Fsp3) is 0.444. The molecule has 0 bridgehead atoms. The van der Waals surface area contributed by atoms with Crippen LogP contribution in [0.2, 0.25) is 0 Å². The van der Waals surface area contributed by atoms with E-state index in [-0.39, 0.29) is 30.2 Å². The number of aryl methyl sites for hydroxylation is 1. The molecule has 2 atom stereocenters. The third-order valence-corrected chi connectivity index (χ3v) is 7.69. The van der Waals surface area contributed by atoms with Crippen LogP contribution in [0.25, 0.3) is 0 Å². The third kappa shape index (κ3) is 7.09. The summed E-state index contributed by atoms with van der Waals surface area (Å²) in [5.74, 6) is -0.853. The molecule has 0 spiro atoms. The maximum atomic E-state index is 13.3. The van der Waals surface area contributed by atoms with E-state index in [4.69, 9.17) is 9.47 Å². The number of anilines is 2. The maximum Gasteiger partial charge on any atom is 0.243 e. The first kappa shape index (κ1) is 26.7. The van der Waals surface area contributed by atoms with E-state index in [0.29, 0.717) is 22.9 Å². The molecule has 0 saturated heterocycles. The Kier molecular flexibility index (Phi) is 8.81. The molecule has 2 N–H and O–H groups in total. The van der Waals surface area contributed by atoms with Gasteiger partial charge in [0, 0.05) is 34.3 Å². The Morgan fingerprint density at radius 2 is 1.70 bits per heavy atom. The highest BCUT2D eigenvalue weighted by molar-refractivity contribution is 7.86. The normalized spacial score (nSPS) is 16.5. The van der Waals surface area contributed by atoms with Crippen LogP contribution in [-0.4, -0.2) is 52.3 Å². The highest BCUT2D eigenvalue weighted by Gasteiger charge is 2.30. The molecule has 1 saturated carbocycles. The summed E-state index contributed by atoms with van der Waals surface area (Å²) in [6.07, 6.45) is 5.18. The summed E-state index contributed by atoms with van der Waals surface area (Å²) < 4.78 is 23.4. The molecule has 1 fully saturated rings. The van der Waals surface area contributed by atoms with Crippen LogP contribution in [0.3, 0.4) is 0 Å². The van der Waals surface area contributed by atoms with Gasteiger partial charge >= 0.3 is 0 Å². The molecule has 3 amide bonds. The van der Waals surface area contributed by atoms with Gasteiger partial charge in [-0.15, -0.1) is 0 Å². The van der Waals surface area contributed by atoms with Crippen molar-refractivity contribution in [1.29, 1.82) is 0 Å². The molecule has 37 heavy (non-hydrogen) atoms. The van der Waals surface area contributed by atoms with E-state index in [2.05, 4.69) is 10.6 Å². The summed E-state index contributed by atoms with van der Waals surface area (Å²) in [5.41, 5.74) is 2.04. The van der Waals surface area contributed by atoms with Gasteiger partial charge in [-0.1, -0.05) is 37.0 Å². The zero-order chi connectivity index (χ0) is 26.4. The lowest BCUT2D eigenvalue weighted by Crippen LogP contribution is -2.52. The standard InChI is InChI=1S/C27H33N3O6S/c1-18-8-11-22(12-9-18)30(19(2)27(33)29-20-6-4-3-5-7-20)26(32)16-37(34)15-25(31)28-21-10-13-23-24(14-21)36-17-35-23/h8-14,19-20H,3-7,15-17H2,1-2H3,(H,28,31)(H,29,33)/t19-,37-/m0/s1. The third-order valence-electron chi connectivity index (χ3n) is 6.53. The highest BCUT2D eigenvalue weighted by atomic mass is 32.2. The molecule has 10 heteroatoms. The van der Waals surface area contributed by atoms with Crippen molar-refractivity contribution in [2.24, 2.45) is 0 Å². The van der Waals surface area contributed by atoms with Crippen molar-refractivity contribution in [2.75, 3.05) is 28.5 Å². The minimum absolute atomic E-state index is 0.104. The largest absolute Gasteiger partial charge is 0.454 e. The van der Waals surface area contributed by atoms with E-state index in [9.17, 15) is 18.6 Å². The Bertz CT molecular complexity index is 1160. The van der Waals surface area contributed by atoms with Crippen molar-refractivity contribution >= 4 is 39.9 Å². The van der Waals surface area contributed by atoms with Gasteiger partial charge in [0.05, 0.1) is 0 Å². The summed E-state index contributed by atoms with van der Waals surface area (Å²) in [7, 11) is -1.78. The number of hydrogen-bond donors (Lipinski definition) is 2. The molecule has 0 aromatic heterocycles. The number of carbonyl (C=O) groups is 3. The second kappa shape index (κ2) is 12.2. The smallest absolute Gasteiger partial charge is 0.243 e. The van der Waals surface area contributed by atoms with Crippen LogP contribution in [0.5, 0.6) is 11.5 Å². The van der Waals surface area contributed by atoms with Crippen LogP contribution in [0.1, 0.15) is 44.6 Å². The van der Waals surface area contributed by atoms with Crippen LogP contribution in [0, 0.1) is 6.92 Å². The van der Waals surface area contributed by atoms with Crippen LogP contribution in [0.15, 0.2) is 42.5 Å². The Labute approximate surface area is 219 Å². The number of ether oxygens (including phenoxy) is 2. The molecular formula is C27H33N3O6S. The van der Waals surface area contributed by atoms with Gasteiger partial charge in [0.1, 0.15) is 17.5 Å².